The van der Waals surface area contributed by atoms with Gasteiger partial charge in [0.25, 0.3) is 0 Å². The Morgan fingerprint density at radius 1 is 1.07 bits per heavy atom. The highest BCUT2D eigenvalue weighted by Gasteiger charge is 2.43. The molecular weight excluding hydrogens is 397 g/mol. The maximum atomic E-state index is 11.1. The molecule has 0 radical (unpaired) electrons. The zero-order valence-electron chi connectivity index (χ0n) is 16.3. The van der Waals surface area contributed by atoms with Crippen LogP contribution in [0.15, 0.2) is 42.5 Å². The summed E-state index contributed by atoms with van der Waals surface area (Å²) in [5, 5.41) is 11.8. The van der Waals surface area contributed by atoms with E-state index in [0.717, 1.165) is 43.0 Å². The lowest BCUT2D eigenvalue weighted by Crippen LogP contribution is -2.57. The Balaban J connectivity index is 0.00000225. The van der Waals surface area contributed by atoms with Crippen LogP contribution in [0.3, 0.4) is 0 Å². The predicted molar refractivity (Wildman–Crippen MR) is 114 cm³/mol. The second-order valence-electron chi connectivity index (χ2n) is 7.75. The van der Waals surface area contributed by atoms with Gasteiger partial charge in [-0.2, -0.15) is 0 Å². The van der Waals surface area contributed by atoms with Gasteiger partial charge in [-0.3, -0.25) is 4.90 Å². The maximum Gasteiger partial charge on any atom is 0.167 e. The maximum absolute atomic E-state index is 11.1. The number of nitrogens with zero attached hydrogens (tertiary/aromatic N) is 1. The molecule has 152 valence electrons. The molecule has 4 rings (SSSR count). The molecule has 6 heteroatoms. The highest BCUT2D eigenvalue weighted by atomic mass is 35.5. The van der Waals surface area contributed by atoms with Gasteiger partial charge in [-0.1, -0.05) is 35.9 Å². The molecule has 2 aliphatic rings. The van der Waals surface area contributed by atoms with Gasteiger partial charge in [0.05, 0.1) is 12.7 Å². The first kappa shape index (κ1) is 21.3. The van der Waals surface area contributed by atoms with E-state index in [1.807, 2.05) is 36.4 Å². The molecule has 0 bridgehead atoms. The van der Waals surface area contributed by atoms with E-state index in [1.54, 1.807) is 7.11 Å². The molecule has 0 saturated carbocycles. The number of rotatable bonds is 3. The lowest BCUT2D eigenvalue weighted by Gasteiger charge is -2.49. The number of aryl methyl sites for hydroxylation is 1. The minimum Gasteiger partial charge on any atom is -0.493 e. The Kier molecular flexibility index (Phi) is 6.16. The number of aliphatic hydroxyl groups is 1. The van der Waals surface area contributed by atoms with Crippen molar-refractivity contribution in [2.45, 2.75) is 43.9 Å². The smallest absolute Gasteiger partial charge is 0.167 e. The Morgan fingerprint density at radius 3 is 2.39 bits per heavy atom. The van der Waals surface area contributed by atoms with Crippen molar-refractivity contribution in [3.63, 3.8) is 0 Å². The van der Waals surface area contributed by atoms with Gasteiger partial charge in [-0.05, 0) is 55.5 Å². The largest absolute Gasteiger partial charge is 0.493 e. The molecule has 2 aliphatic heterocycles. The van der Waals surface area contributed by atoms with Crippen LogP contribution >= 0.6 is 24.0 Å². The zero-order chi connectivity index (χ0) is 19.1. The van der Waals surface area contributed by atoms with E-state index in [2.05, 4.69) is 17.9 Å². The van der Waals surface area contributed by atoms with E-state index < -0.39 is 5.60 Å². The molecule has 1 saturated heterocycles. The standard InChI is InChI=1S/C22H26ClNO3.ClH/c1-21(11-10-16-4-3-5-19(26-2)20(16)27-21)24-14-12-22(25,13-15-24)17-6-8-18(23)9-7-17;/h3-9,25H,10-15H2,1-2H3;1H. The molecule has 2 aromatic carbocycles. The summed E-state index contributed by atoms with van der Waals surface area (Å²) in [5.74, 6) is 1.64. The van der Waals surface area contributed by atoms with Crippen molar-refractivity contribution in [1.29, 1.82) is 0 Å². The van der Waals surface area contributed by atoms with Crippen molar-refractivity contribution in [1.82, 2.24) is 4.90 Å². The first-order valence-electron chi connectivity index (χ1n) is 9.52. The van der Waals surface area contributed by atoms with Crippen LogP contribution in [0.25, 0.3) is 0 Å². The number of halogens is 2. The van der Waals surface area contributed by atoms with Crippen molar-refractivity contribution in [3.05, 3.63) is 58.6 Å². The monoisotopic (exact) mass is 423 g/mol. The quantitative estimate of drug-likeness (QED) is 0.769. The van der Waals surface area contributed by atoms with Crippen molar-refractivity contribution < 1.29 is 14.6 Å². The molecule has 0 aromatic heterocycles. The molecule has 0 aliphatic carbocycles. The number of para-hydroxylation sites is 1. The summed E-state index contributed by atoms with van der Waals surface area (Å²) in [7, 11) is 1.68. The summed E-state index contributed by atoms with van der Waals surface area (Å²) in [6, 6.07) is 13.6. The van der Waals surface area contributed by atoms with Crippen LogP contribution in [0.5, 0.6) is 11.5 Å². The number of piperidine rings is 1. The Labute approximate surface area is 177 Å². The molecular formula is C22H27Cl2NO3. The third-order valence-electron chi connectivity index (χ3n) is 6.10. The Morgan fingerprint density at radius 2 is 1.75 bits per heavy atom. The van der Waals surface area contributed by atoms with E-state index in [0.29, 0.717) is 17.9 Å². The van der Waals surface area contributed by atoms with E-state index in [1.165, 1.54) is 5.56 Å². The molecule has 1 N–H and O–H groups in total. The number of likely N-dealkylation sites (tertiary alicyclic amines) is 1. The van der Waals surface area contributed by atoms with Crippen LogP contribution in [-0.2, 0) is 12.0 Å². The van der Waals surface area contributed by atoms with Gasteiger partial charge in [0.2, 0.25) is 0 Å². The minimum absolute atomic E-state index is 0. The fraction of sp³-hybridized carbons (Fsp3) is 0.455. The normalized spacial score (nSPS) is 23.9. The molecule has 4 nitrogen and oxygen atoms in total. The molecule has 0 amide bonds. The average Bonchev–Trinajstić information content (AvgIpc) is 2.68. The lowest BCUT2D eigenvalue weighted by molar-refractivity contribution is -0.128. The number of hydrogen-bond acceptors (Lipinski definition) is 4. The van der Waals surface area contributed by atoms with Crippen LogP contribution in [0.4, 0.5) is 0 Å². The first-order valence-corrected chi connectivity index (χ1v) is 9.90. The second-order valence-corrected chi connectivity index (χ2v) is 8.19. The van der Waals surface area contributed by atoms with Gasteiger partial charge in [-0.15, -0.1) is 12.4 Å². The van der Waals surface area contributed by atoms with Gasteiger partial charge in [-0.25, -0.2) is 0 Å². The number of ether oxygens (including phenoxy) is 2. The van der Waals surface area contributed by atoms with Crippen molar-refractivity contribution >= 4 is 24.0 Å². The summed E-state index contributed by atoms with van der Waals surface area (Å²) in [4.78, 5) is 2.35. The van der Waals surface area contributed by atoms with Crippen LogP contribution in [0, 0.1) is 0 Å². The van der Waals surface area contributed by atoms with Gasteiger partial charge >= 0.3 is 0 Å². The molecule has 2 aromatic rings. The number of benzene rings is 2. The lowest BCUT2D eigenvalue weighted by atomic mass is 9.83. The second kappa shape index (κ2) is 8.11. The highest BCUT2D eigenvalue weighted by Crippen LogP contribution is 2.43. The third kappa shape index (κ3) is 3.84. The summed E-state index contributed by atoms with van der Waals surface area (Å²) in [6.07, 6.45) is 3.23. The summed E-state index contributed by atoms with van der Waals surface area (Å²) >= 11 is 5.99. The van der Waals surface area contributed by atoms with E-state index in [-0.39, 0.29) is 18.1 Å². The van der Waals surface area contributed by atoms with Crippen LogP contribution < -0.4 is 9.47 Å². The van der Waals surface area contributed by atoms with Gasteiger partial charge < -0.3 is 14.6 Å². The summed E-state index contributed by atoms with van der Waals surface area (Å²) < 4.78 is 12.0. The highest BCUT2D eigenvalue weighted by molar-refractivity contribution is 6.30. The molecule has 1 atom stereocenters. The fourth-order valence-electron chi connectivity index (χ4n) is 4.29. The molecule has 0 spiro atoms. The number of fused-ring (bicyclic) bond motifs is 1. The topological polar surface area (TPSA) is 41.9 Å². The fourth-order valence-corrected chi connectivity index (χ4v) is 4.42. The SMILES string of the molecule is COc1cccc2c1OC(C)(N1CCC(O)(c3ccc(Cl)cc3)CC1)CC2.Cl. The first-order chi connectivity index (χ1) is 12.9. The molecule has 1 unspecified atom stereocenters. The summed E-state index contributed by atoms with van der Waals surface area (Å²) in [6.45, 7) is 3.70. The van der Waals surface area contributed by atoms with Gasteiger partial charge in [0, 0.05) is 24.5 Å². The van der Waals surface area contributed by atoms with Gasteiger partial charge in [0.15, 0.2) is 17.2 Å². The van der Waals surface area contributed by atoms with E-state index in [9.17, 15) is 5.11 Å². The van der Waals surface area contributed by atoms with Crippen LogP contribution in [0.1, 0.15) is 37.3 Å². The van der Waals surface area contributed by atoms with Crippen molar-refractivity contribution in [2.75, 3.05) is 20.2 Å². The Bertz CT molecular complexity index is 805. The summed E-state index contributed by atoms with van der Waals surface area (Å²) in [5.41, 5.74) is 0.944. The molecule has 2 heterocycles. The molecule has 1 fully saturated rings. The Hall–Kier alpha value is -1.46. The van der Waals surface area contributed by atoms with Crippen LogP contribution in [-0.4, -0.2) is 35.9 Å². The number of hydrogen-bond donors (Lipinski definition) is 1. The average molecular weight is 424 g/mol. The van der Waals surface area contributed by atoms with Crippen molar-refractivity contribution in [3.8, 4) is 11.5 Å². The predicted octanol–water partition coefficient (Wildman–Crippen LogP) is 4.80. The molecule has 28 heavy (non-hydrogen) atoms. The van der Waals surface area contributed by atoms with Crippen molar-refractivity contribution in [2.24, 2.45) is 0 Å². The zero-order valence-corrected chi connectivity index (χ0v) is 17.9. The van der Waals surface area contributed by atoms with Crippen LogP contribution in [0.2, 0.25) is 5.02 Å². The van der Waals surface area contributed by atoms with E-state index >= 15 is 0 Å². The van der Waals surface area contributed by atoms with Gasteiger partial charge in [0.1, 0.15) is 0 Å². The number of methoxy groups -OCH3 is 1. The minimum atomic E-state index is -0.804. The van der Waals surface area contributed by atoms with E-state index in [4.69, 9.17) is 21.1 Å². The third-order valence-corrected chi connectivity index (χ3v) is 6.35.